The molecule has 0 spiro atoms. The van der Waals surface area contributed by atoms with Crippen molar-refractivity contribution in [3.8, 4) is 0 Å². The number of hydrogen-bond acceptors (Lipinski definition) is 7. The van der Waals surface area contributed by atoms with E-state index >= 15 is 0 Å². The summed E-state index contributed by atoms with van der Waals surface area (Å²) in [6.07, 6.45) is 6.15. The van der Waals surface area contributed by atoms with Gasteiger partial charge in [-0.05, 0) is 37.0 Å². The molecule has 4 aromatic heterocycles. The van der Waals surface area contributed by atoms with Gasteiger partial charge in [0.15, 0.2) is 0 Å². The summed E-state index contributed by atoms with van der Waals surface area (Å²) in [5, 5.41) is 4.63. The van der Waals surface area contributed by atoms with E-state index in [4.69, 9.17) is 9.72 Å². The number of hydrogen-bond donors (Lipinski definition) is 1. The van der Waals surface area contributed by atoms with E-state index in [0.717, 1.165) is 43.9 Å². The van der Waals surface area contributed by atoms with Crippen molar-refractivity contribution in [2.75, 3.05) is 5.32 Å². The molecule has 0 fully saturated rings. The largest absolute Gasteiger partial charge is 0.370 e. The highest BCUT2D eigenvalue weighted by molar-refractivity contribution is 7.26. The number of fused-ring (bicyclic) bond motifs is 5. The molecule has 154 valence electrons. The smallest absolute Gasteiger partial charge is 0.147 e. The molecule has 0 atom stereocenters. The second-order valence-electron chi connectivity index (χ2n) is 8.73. The number of aromatic nitrogens is 4. The van der Waals surface area contributed by atoms with Crippen molar-refractivity contribution in [3.05, 3.63) is 53.2 Å². The summed E-state index contributed by atoms with van der Waals surface area (Å²) in [5.41, 5.74) is 5.61. The lowest BCUT2D eigenvalue weighted by atomic mass is 9.87. The van der Waals surface area contributed by atoms with Crippen molar-refractivity contribution in [1.82, 2.24) is 19.9 Å². The number of nitrogens with one attached hydrogen (secondary N) is 1. The van der Waals surface area contributed by atoms with Crippen LogP contribution < -0.4 is 5.32 Å². The van der Waals surface area contributed by atoms with E-state index in [1.54, 1.807) is 23.9 Å². The van der Waals surface area contributed by atoms with Crippen molar-refractivity contribution in [2.24, 2.45) is 0 Å². The van der Waals surface area contributed by atoms with Crippen LogP contribution in [0.1, 0.15) is 56.0 Å². The van der Waals surface area contributed by atoms with E-state index in [1.165, 1.54) is 11.1 Å². The molecule has 1 aliphatic heterocycles. The molecule has 0 saturated carbocycles. The molecular weight excluding hydrogens is 394 g/mol. The van der Waals surface area contributed by atoms with Crippen molar-refractivity contribution in [1.29, 1.82) is 0 Å². The maximum atomic E-state index is 6.14. The third-order valence-electron chi connectivity index (χ3n) is 5.59. The van der Waals surface area contributed by atoms with Crippen LogP contribution in [0.4, 0.5) is 5.82 Å². The minimum atomic E-state index is -0.196. The fourth-order valence-electron chi connectivity index (χ4n) is 4.12. The Balaban J connectivity index is 1.67. The number of ether oxygens (including phenoxy) is 1. The topological polar surface area (TPSA) is 72.8 Å². The molecule has 0 unspecified atom stereocenters. The quantitative estimate of drug-likeness (QED) is 0.489. The highest BCUT2D eigenvalue weighted by atomic mass is 32.1. The SMILES string of the molecule is CC(C)c1nc2sc3c(NCc4cccnc4)ncnc3c2c2c1COC(C)(C)C2. The van der Waals surface area contributed by atoms with Gasteiger partial charge in [0, 0.05) is 36.3 Å². The molecule has 0 aromatic carbocycles. The summed E-state index contributed by atoms with van der Waals surface area (Å²) in [6.45, 7) is 9.97. The van der Waals surface area contributed by atoms with Crippen LogP contribution in [0.3, 0.4) is 0 Å². The third-order valence-corrected chi connectivity index (χ3v) is 6.67. The van der Waals surface area contributed by atoms with Crippen LogP contribution in [0, 0.1) is 0 Å². The minimum absolute atomic E-state index is 0.196. The predicted molar refractivity (Wildman–Crippen MR) is 121 cm³/mol. The standard InChI is InChI=1S/C23H25N5OS/c1-13(2)18-16-11-29-23(3,4)8-15(16)17-19-20(30-22(17)28-18)21(27-12-26-19)25-10-14-6-5-7-24-9-14/h5-7,9,12-13H,8,10-11H2,1-4H3,(H,25,26,27). The Bertz CT molecular complexity index is 1230. The summed E-state index contributed by atoms with van der Waals surface area (Å²) >= 11 is 1.67. The van der Waals surface area contributed by atoms with Crippen LogP contribution in [0.5, 0.6) is 0 Å². The Kier molecular flexibility index (Phi) is 4.67. The zero-order chi connectivity index (χ0) is 20.9. The molecule has 6 nitrogen and oxygen atoms in total. The van der Waals surface area contributed by atoms with Crippen molar-refractivity contribution in [2.45, 2.75) is 58.8 Å². The molecule has 30 heavy (non-hydrogen) atoms. The van der Waals surface area contributed by atoms with Gasteiger partial charge in [-0.2, -0.15) is 0 Å². The Hall–Kier alpha value is -2.64. The van der Waals surface area contributed by atoms with Gasteiger partial charge in [0.25, 0.3) is 0 Å². The highest BCUT2D eigenvalue weighted by Crippen LogP contribution is 2.43. The summed E-state index contributed by atoms with van der Waals surface area (Å²) < 4.78 is 7.20. The molecule has 0 aliphatic carbocycles. The molecule has 1 N–H and O–H groups in total. The van der Waals surface area contributed by atoms with Crippen LogP contribution in [-0.4, -0.2) is 25.5 Å². The van der Waals surface area contributed by atoms with E-state index in [9.17, 15) is 0 Å². The normalized spacial score (nSPS) is 15.6. The van der Waals surface area contributed by atoms with Gasteiger partial charge in [-0.3, -0.25) is 4.98 Å². The zero-order valence-corrected chi connectivity index (χ0v) is 18.5. The second-order valence-corrected chi connectivity index (χ2v) is 9.73. The molecule has 0 amide bonds. The van der Waals surface area contributed by atoms with Crippen LogP contribution in [0.25, 0.3) is 20.4 Å². The fourth-order valence-corrected chi connectivity index (χ4v) is 5.26. The maximum absolute atomic E-state index is 6.14. The highest BCUT2D eigenvalue weighted by Gasteiger charge is 2.32. The van der Waals surface area contributed by atoms with Gasteiger partial charge in [-0.15, -0.1) is 11.3 Å². The van der Waals surface area contributed by atoms with Gasteiger partial charge in [-0.1, -0.05) is 19.9 Å². The Morgan fingerprint density at radius 3 is 2.87 bits per heavy atom. The molecular formula is C23H25N5OS. The molecule has 4 aromatic rings. The van der Waals surface area contributed by atoms with Crippen LogP contribution in [-0.2, 0) is 24.3 Å². The summed E-state index contributed by atoms with van der Waals surface area (Å²) in [4.78, 5) is 19.5. The molecule has 0 saturated heterocycles. The van der Waals surface area contributed by atoms with Crippen LogP contribution in [0.2, 0.25) is 0 Å². The van der Waals surface area contributed by atoms with E-state index in [-0.39, 0.29) is 5.60 Å². The first-order valence-electron chi connectivity index (χ1n) is 10.3. The van der Waals surface area contributed by atoms with Gasteiger partial charge in [0.05, 0.1) is 28.1 Å². The zero-order valence-electron chi connectivity index (χ0n) is 17.7. The summed E-state index contributed by atoms with van der Waals surface area (Å²) in [5.74, 6) is 1.19. The Labute approximate surface area is 179 Å². The summed E-state index contributed by atoms with van der Waals surface area (Å²) in [7, 11) is 0. The number of anilines is 1. The number of pyridine rings is 2. The Morgan fingerprint density at radius 2 is 2.10 bits per heavy atom. The molecule has 5 rings (SSSR count). The van der Waals surface area contributed by atoms with E-state index in [0.29, 0.717) is 19.1 Å². The number of rotatable bonds is 4. The van der Waals surface area contributed by atoms with Gasteiger partial charge in [0.1, 0.15) is 17.0 Å². The lowest BCUT2D eigenvalue weighted by Crippen LogP contribution is -2.32. The average molecular weight is 420 g/mol. The van der Waals surface area contributed by atoms with Gasteiger partial charge < -0.3 is 10.1 Å². The van der Waals surface area contributed by atoms with E-state index in [2.05, 4.69) is 54.0 Å². The average Bonchev–Trinajstić information content (AvgIpc) is 3.11. The molecule has 0 radical (unpaired) electrons. The first-order chi connectivity index (χ1) is 14.4. The van der Waals surface area contributed by atoms with Crippen LogP contribution >= 0.6 is 11.3 Å². The summed E-state index contributed by atoms with van der Waals surface area (Å²) in [6, 6.07) is 4.00. The second kappa shape index (κ2) is 7.25. The first kappa shape index (κ1) is 19.3. The lowest BCUT2D eigenvalue weighted by Gasteiger charge is -2.33. The van der Waals surface area contributed by atoms with E-state index < -0.39 is 0 Å². The van der Waals surface area contributed by atoms with Crippen LogP contribution in [0.15, 0.2) is 30.9 Å². The molecule has 0 bridgehead atoms. The molecule has 5 heterocycles. The minimum Gasteiger partial charge on any atom is -0.370 e. The van der Waals surface area contributed by atoms with Crippen molar-refractivity contribution >= 4 is 37.6 Å². The maximum Gasteiger partial charge on any atom is 0.147 e. The van der Waals surface area contributed by atoms with E-state index in [1.807, 2.05) is 12.3 Å². The fraction of sp³-hybridized carbons (Fsp3) is 0.391. The number of nitrogens with zero attached hydrogens (tertiary/aromatic N) is 4. The molecule has 7 heteroatoms. The molecule has 1 aliphatic rings. The third kappa shape index (κ3) is 3.32. The Morgan fingerprint density at radius 1 is 1.23 bits per heavy atom. The van der Waals surface area contributed by atoms with Crippen molar-refractivity contribution < 1.29 is 4.74 Å². The monoisotopic (exact) mass is 419 g/mol. The van der Waals surface area contributed by atoms with Gasteiger partial charge >= 0.3 is 0 Å². The first-order valence-corrected chi connectivity index (χ1v) is 11.1. The van der Waals surface area contributed by atoms with Gasteiger partial charge in [0.2, 0.25) is 0 Å². The number of thiophene rings is 1. The van der Waals surface area contributed by atoms with Gasteiger partial charge in [-0.25, -0.2) is 15.0 Å². The predicted octanol–water partition coefficient (Wildman–Crippen LogP) is 5.22. The lowest BCUT2D eigenvalue weighted by molar-refractivity contribution is -0.0402. The van der Waals surface area contributed by atoms with Crippen molar-refractivity contribution in [3.63, 3.8) is 0 Å².